The lowest BCUT2D eigenvalue weighted by Crippen LogP contribution is -2.31. The summed E-state index contributed by atoms with van der Waals surface area (Å²) in [6.45, 7) is 10.3. The van der Waals surface area contributed by atoms with Gasteiger partial charge in [-0.15, -0.1) is 0 Å². The molecule has 2 heteroatoms. The summed E-state index contributed by atoms with van der Waals surface area (Å²) in [5.41, 5.74) is 5.85. The largest absolute Gasteiger partial charge is 0.330 e. The summed E-state index contributed by atoms with van der Waals surface area (Å²) >= 11 is 0. The number of nitrogens with zero attached hydrogens (tertiary/aromatic N) is 1. The molecule has 2 nitrogen and oxygen atoms in total. The Morgan fingerprint density at radius 2 is 1.94 bits per heavy atom. The van der Waals surface area contributed by atoms with Crippen LogP contribution in [0.4, 0.5) is 0 Å². The van der Waals surface area contributed by atoms with Gasteiger partial charge in [0.2, 0.25) is 0 Å². The molecular weight excluding hydrogens is 196 g/mol. The first-order valence-electron chi connectivity index (χ1n) is 7.11. The summed E-state index contributed by atoms with van der Waals surface area (Å²) in [5.74, 6) is 1.52. The van der Waals surface area contributed by atoms with E-state index >= 15 is 0 Å². The van der Waals surface area contributed by atoms with Gasteiger partial charge < -0.3 is 10.6 Å². The molecule has 1 rings (SSSR count). The van der Waals surface area contributed by atoms with Gasteiger partial charge >= 0.3 is 0 Å². The predicted molar refractivity (Wildman–Crippen MR) is 71.5 cm³/mol. The third-order valence-electron chi connectivity index (χ3n) is 3.54. The van der Waals surface area contributed by atoms with Crippen LogP contribution >= 0.6 is 0 Å². The maximum atomic E-state index is 5.85. The van der Waals surface area contributed by atoms with Crippen molar-refractivity contribution in [1.29, 1.82) is 0 Å². The van der Waals surface area contributed by atoms with Gasteiger partial charge in [0.25, 0.3) is 0 Å². The minimum atomic E-state index is 0.734. The Labute approximate surface area is 102 Å². The first-order valence-corrected chi connectivity index (χ1v) is 7.11. The molecule has 0 aliphatic heterocycles. The third kappa shape index (κ3) is 5.31. The van der Waals surface area contributed by atoms with E-state index in [1.54, 1.807) is 0 Å². The Morgan fingerprint density at radius 1 is 1.25 bits per heavy atom. The normalized spacial score (nSPS) is 18.4. The molecule has 2 N–H and O–H groups in total. The number of hydrogen-bond donors (Lipinski definition) is 1. The first-order chi connectivity index (χ1) is 7.67. The first kappa shape index (κ1) is 14.0. The maximum Gasteiger partial charge on any atom is 0.00964 e. The van der Waals surface area contributed by atoms with E-state index < -0.39 is 0 Å². The van der Waals surface area contributed by atoms with Gasteiger partial charge in [-0.3, -0.25) is 0 Å². The second kappa shape index (κ2) is 7.29. The Hall–Kier alpha value is -0.0800. The van der Waals surface area contributed by atoms with Crippen molar-refractivity contribution in [3.8, 4) is 0 Å². The Bertz CT molecular complexity index is 176. The number of rotatable bonds is 9. The van der Waals surface area contributed by atoms with Crippen molar-refractivity contribution in [2.45, 2.75) is 58.9 Å². The van der Waals surface area contributed by atoms with E-state index in [9.17, 15) is 0 Å². The number of nitrogens with two attached hydrogens (primary N) is 1. The lowest BCUT2D eigenvalue weighted by molar-refractivity contribution is 0.234. The van der Waals surface area contributed by atoms with Gasteiger partial charge in [0.05, 0.1) is 0 Å². The molecule has 1 atom stereocenters. The maximum absolute atomic E-state index is 5.85. The van der Waals surface area contributed by atoms with Crippen molar-refractivity contribution < 1.29 is 0 Å². The quantitative estimate of drug-likeness (QED) is 0.655. The van der Waals surface area contributed by atoms with Gasteiger partial charge in [-0.05, 0) is 63.6 Å². The predicted octanol–water partition coefficient (Wildman–Crippen LogP) is 2.87. The zero-order valence-corrected chi connectivity index (χ0v) is 11.4. The summed E-state index contributed by atoms with van der Waals surface area (Å²) in [4.78, 5) is 2.68. The van der Waals surface area contributed by atoms with E-state index in [1.165, 1.54) is 45.2 Å². The van der Waals surface area contributed by atoms with Crippen molar-refractivity contribution in [3.05, 3.63) is 0 Å². The van der Waals surface area contributed by atoms with Gasteiger partial charge in [-0.25, -0.2) is 0 Å². The SMILES string of the molecule is CCCN(CCC(CN)CC(C)C)C1CC1. The van der Waals surface area contributed by atoms with Crippen LogP contribution in [-0.4, -0.2) is 30.6 Å². The van der Waals surface area contributed by atoms with E-state index in [0.717, 1.165) is 24.4 Å². The molecule has 0 amide bonds. The van der Waals surface area contributed by atoms with Crippen molar-refractivity contribution in [1.82, 2.24) is 4.90 Å². The molecule has 0 aromatic rings. The summed E-state index contributed by atoms with van der Waals surface area (Å²) in [5, 5.41) is 0. The molecule has 0 aromatic heterocycles. The zero-order chi connectivity index (χ0) is 12.0. The van der Waals surface area contributed by atoms with Crippen LogP contribution in [-0.2, 0) is 0 Å². The summed E-state index contributed by atoms with van der Waals surface area (Å²) in [6.07, 6.45) is 6.73. The fraction of sp³-hybridized carbons (Fsp3) is 1.00. The van der Waals surface area contributed by atoms with E-state index in [1.807, 2.05) is 0 Å². The molecule has 96 valence electrons. The smallest absolute Gasteiger partial charge is 0.00964 e. The highest BCUT2D eigenvalue weighted by Crippen LogP contribution is 2.27. The molecule has 0 saturated heterocycles. The Balaban J connectivity index is 2.22. The van der Waals surface area contributed by atoms with Gasteiger partial charge in [0, 0.05) is 6.04 Å². The molecule has 1 unspecified atom stereocenters. The standard InChI is InChI=1S/C14H30N2/c1-4-8-16(14-5-6-14)9-7-13(11-15)10-12(2)3/h12-14H,4-11,15H2,1-3H3. The highest BCUT2D eigenvalue weighted by Gasteiger charge is 2.28. The lowest BCUT2D eigenvalue weighted by Gasteiger charge is -2.24. The Morgan fingerprint density at radius 3 is 2.38 bits per heavy atom. The minimum Gasteiger partial charge on any atom is -0.330 e. The summed E-state index contributed by atoms with van der Waals surface area (Å²) in [7, 11) is 0. The van der Waals surface area contributed by atoms with Crippen LogP contribution in [0.3, 0.4) is 0 Å². The second-order valence-electron chi connectivity index (χ2n) is 5.79. The molecule has 0 aromatic carbocycles. The van der Waals surface area contributed by atoms with Crippen LogP contribution in [0.2, 0.25) is 0 Å². The topological polar surface area (TPSA) is 29.3 Å². The third-order valence-corrected chi connectivity index (χ3v) is 3.54. The minimum absolute atomic E-state index is 0.734. The molecule has 0 spiro atoms. The fourth-order valence-corrected chi connectivity index (χ4v) is 2.55. The van der Waals surface area contributed by atoms with Crippen LogP contribution in [0.1, 0.15) is 52.9 Å². The molecular formula is C14H30N2. The molecule has 16 heavy (non-hydrogen) atoms. The monoisotopic (exact) mass is 226 g/mol. The van der Waals surface area contributed by atoms with Crippen molar-refractivity contribution >= 4 is 0 Å². The summed E-state index contributed by atoms with van der Waals surface area (Å²) in [6, 6.07) is 0.914. The van der Waals surface area contributed by atoms with Gasteiger partial charge in [0.1, 0.15) is 0 Å². The lowest BCUT2D eigenvalue weighted by atomic mass is 9.94. The van der Waals surface area contributed by atoms with Crippen LogP contribution in [0, 0.1) is 11.8 Å². The molecule has 1 saturated carbocycles. The zero-order valence-electron chi connectivity index (χ0n) is 11.4. The van der Waals surface area contributed by atoms with E-state index in [0.29, 0.717) is 0 Å². The Kier molecular flexibility index (Phi) is 6.37. The highest BCUT2D eigenvalue weighted by molar-refractivity contribution is 4.84. The molecule has 0 bridgehead atoms. The molecule has 1 aliphatic rings. The van der Waals surface area contributed by atoms with Crippen molar-refractivity contribution in [2.24, 2.45) is 17.6 Å². The van der Waals surface area contributed by atoms with Crippen LogP contribution in [0.25, 0.3) is 0 Å². The summed E-state index contributed by atoms with van der Waals surface area (Å²) < 4.78 is 0. The van der Waals surface area contributed by atoms with E-state index in [4.69, 9.17) is 5.73 Å². The van der Waals surface area contributed by atoms with E-state index in [-0.39, 0.29) is 0 Å². The second-order valence-corrected chi connectivity index (χ2v) is 5.79. The van der Waals surface area contributed by atoms with Crippen LogP contribution in [0.15, 0.2) is 0 Å². The molecule has 1 fully saturated rings. The average molecular weight is 226 g/mol. The van der Waals surface area contributed by atoms with Crippen molar-refractivity contribution in [2.75, 3.05) is 19.6 Å². The average Bonchev–Trinajstić information content (AvgIpc) is 3.05. The molecule has 1 aliphatic carbocycles. The van der Waals surface area contributed by atoms with Crippen LogP contribution < -0.4 is 5.73 Å². The van der Waals surface area contributed by atoms with Gasteiger partial charge in [0.15, 0.2) is 0 Å². The van der Waals surface area contributed by atoms with Gasteiger partial charge in [-0.1, -0.05) is 20.8 Å². The number of hydrogen-bond acceptors (Lipinski definition) is 2. The van der Waals surface area contributed by atoms with Crippen molar-refractivity contribution in [3.63, 3.8) is 0 Å². The van der Waals surface area contributed by atoms with E-state index in [2.05, 4.69) is 25.7 Å². The van der Waals surface area contributed by atoms with Gasteiger partial charge in [-0.2, -0.15) is 0 Å². The fourth-order valence-electron chi connectivity index (χ4n) is 2.55. The highest BCUT2D eigenvalue weighted by atomic mass is 15.2. The van der Waals surface area contributed by atoms with Crippen LogP contribution in [0.5, 0.6) is 0 Å². The molecule has 0 radical (unpaired) electrons. The molecule has 0 heterocycles.